The molecule has 0 saturated carbocycles. The van der Waals surface area contributed by atoms with Crippen molar-refractivity contribution in [3.05, 3.63) is 57.2 Å². The van der Waals surface area contributed by atoms with Crippen LogP contribution in [0.3, 0.4) is 0 Å². The average Bonchev–Trinajstić information content (AvgIpc) is 3.38. The summed E-state index contributed by atoms with van der Waals surface area (Å²) < 4.78 is 19.7. The van der Waals surface area contributed by atoms with Crippen LogP contribution in [0.2, 0.25) is 0 Å². The van der Waals surface area contributed by atoms with Gasteiger partial charge < -0.3 is 4.74 Å². The van der Waals surface area contributed by atoms with Gasteiger partial charge in [0.05, 0.1) is 11.7 Å². The number of carbonyl (C=O) groups is 1. The summed E-state index contributed by atoms with van der Waals surface area (Å²) in [6.45, 7) is 2.11. The number of nitrogens with zero attached hydrogens (tertiary/aromatic N) is 4. The molecule has 4 aromatic rings. The van der Waals surface area contributed by atoms with Crippen molar-refractivity contribution >= 4 is 43.9 Å². The van der Waals surface area contributed by atoms with Gasteiger partial charge in [-0.3, -0.25) is 19.5 Å². The molecule has 3 heterocycles. The molecule has 0 radical (unpaired) electrons. The van der Waals surface area contributed by atoms with Crippen molar-refractivity contribution in [2.24, 2.45) is 0 Å². The quantitative estimate of drug-likeness (QED) is 0.451. The Bertz CT molecular complexity index is 1280. The molecule has 1 N–H and O–H groups in total. The van der Waals surface area contributed by atoms with Gasteiger partial charge in [0.15, 0.2) is 0 Å². The van der Waals surface area contributed by atoms with Gasteiger partial charge in [-0.25, -0.2) is 9.37 Å². The standard InChI is InChI=1S/C20H18FN5O3S2/c1-3-14(17(27)23-20-25-24-15(31-20)8-29-2)26-10-22-18-16(19(26)28)13(9-30-18)11-4-6-12(21)7-5-11/h4-7,9-10,14H,3,8H2,1-2H3,(H,23,25,27). The van der Waals surface area contributed by atoms with Crippen LogP contribution in [0.15, 0.2) is 40.8 Å². The van der Waals surface area contributed by atoms with E-state index in [1.165, 1.54) is 45.7 Å². The Labute approximate surface area is 184 Å². The molecule has 0 bridgehead atoms. The number of aromatic nitrogens is 4. The highest BCUT2D eigenvalue weighted by Gasteiger charge is 2.24. The van der Waals surface area contributed by atoms with Crippen molar-refractivity contribution in [1.82, 2.24) is 19.7 Å². The van der Waals surface area contributed by atoms with E-state index in [-0.39, 0.29) is 17.3 Å². The normalized spacial score (nSPS) is 12.2. The minimum Gasteiger partial charge on any atom is -0.377 e. The molecule has 8 nitrogen and oxygen atoms in total. The van der Waals surface area contributed by atoms with Gasteiger partial charge in [0.25, 0.3) is 5.56 Å². The summed E-state index contributed by atoms with van der Waals surface area (Å²) in [7, 11) is 1.55. The van der Waals surface area contributed by atoms with E-state index in [1.54, 1.807) is 19.2 Å². The summed E-state index contributed by atoms with van der Waals surface area (Å²) in [5, 5.41) is 13.8. The number of methoxy groups -OCH3 is 1. The van der Waals surface area contributed by atoms with E-state index in [4.69, 9.17) is 4.74 Å². The number of amides is 1. The van der Waals surface area contributed by atoms with Gasteiger partial charge in [-0.1, -0.05) is 30.4 Å². The molecule has 0 fully saturated rings. The fourth-order valence-electron chi connectivity index (χ4n) is 3.19. The highest BCUT2D eigenvalue weighted by atomic mass is 32.1. The average molecular weight is 460 g/mol. The Morgan fingerprint density at radius 1 is 1.29 bits per heavy atom. The van der Waals surface area contributed by atoms with E-state index >= 15 is 0 Å². The Morgan fingerprint density at radius 3 is 2.77 bits per heavy atom. The minimum atomic E-state index is -0.778. The van der Waals surface area contributed by atoms with Crippen molar-refractivity contribution < 1.29 is 13.9 Å². The molecule has 31 heavy (non-hydrogen) atoms. The van der Waals surface area contributed by atoms with Crippen molar-refractivity contribution in [1.29, 1.82) is 0 Å². The number of halogens is 1. The van der Waals surface area contributed by atoms with Crippen molar-refractivity contribution in [3.8, 4) is 11.1 Å². The van der Waals surface area contributed by atoms with Crippen molar-refractivity contribution in [2.75, 3.05) is 12.4 Å². The maximum Gasteiger partial charge on any atom is 0.263 e. The summed E-state index contributed by atoms with van der Waals surface area (Å²) in [4.78, 5) is 31.2. The second-order valence-corrected chi connectivity index (χ2v) is 8.56. The molecule has 1 aromatic carbocycles. The zero-order valence-corrected chi connectivity index (χ0v) is 18.3. The second kappa shape index (κ2) is 9.00. The highest BCUT2D eigenvalue weighted by molar-refractivity contribution is 7.17. The number of hydrogen-bond donors (Lipinski definition) is 1. The number of rotatable bonds is 7. The van der Waals surface area contributed by atoms with Gasteiger partial charge in [0, 0.05) is 18.1 Å². The third-order valence-corrected chi connectivity index (χ3v) is 6.36. The van der Waals surface area contributed by atoms with Crippen LogP contribution in [0, 0.1) is 5.82 Å². The number of anilines is 1. The van der Waals surface area contributed by atoms with Crippen molar-refractivity contribution in [3.63, 3.8) is 0 Å². The second-order valence-electron chi connectivity index (χ2n) is 6.64. The Hall–Kier alpha value is -3.02. The third-order valence-electron chi connectivity index (χ3n) is 4.66. The van der Waals surface area contributed by atoms with E-state index in [0.717, 1.165) is 0 Å². The molecule has 1 unspecified atom stereocenters. The number of fused-ring (bicyclic) bond motifs is 1. The number of ether oxygens (including phenoxy) is 1. The monoisotopic (exact) mass is 459 g/mol. The number of benzene rings is 1. The van der Waals surface area contributed by atoms with E-state index in [9.17, 15) is 14.0 Å². The molecule has 1 amide bonds. The van der Waals surface area contributed by atoms with E-state index in [2.05, 4.69) is 20.5 Å². The molecule has 160 valence electrons. The van der Waals surface area contributed by atoms with E-state index in [0.29, 0.717) is 44.5 Å². The summed E-state index contributed by atoms with van der Waals surface area (Å²) in [6, 6.07) is 5.14. The SMILES string of the molecule is CCC(C(=O)Nc1nnc(COC)s1)n1cnc2scc(-c3ccc(F)cc3)c2c1=O. The van der Waals surface area contributed by atoms with Crippen LogP contribution in [0.5, 0.6) is 0 Å². The summed E-state index contributed by atoms with van der Waals surface area (Å²) in [5.74, 6) is -0.740. The topological polar surface area (TPSA) is 99.0 Å². The zero-order chi connectivity index (χ0) is 22.0. The molecule has 0 aliphatic heterocycles. The third kappa shape index (κ3) is 4.24. The summed E-state index contributed by atoms with van der Waals surface area (Å²) >= 11 is 2.53. The van der Waals surface area contributed by atoms with Crippen LogP contribution in [0.25, 0.3) is 21.3 Å². The Morgan fingerprint density at radius 2 is 2.06 bits per heavy atom. The molecular weight excluding hydrogens is 441 g/mol. The van der Waals surface area contributed by atoms with Gasteiger partial charge in [0.2, 0.25) is 11.0 Å². The van der Waals surface area contributed by atoms with Crippen LogP contribution in [-0.2, 0) is 16.1 Å². The van der Waals surface area contributed by atoms with Gasteiger partial charge in [0.1, 0.15) is 28.3 Å². The van der Waals surface area contributed by atoms with Gasteiger partial charge in [-0.15, -0.1) is 21.5 Å². The minimum absolute atomic E-state index is 0.301. The van der Waals surface area contributed by atoms with Crippen LogP contribution in [-0.4, -0.2) is 32.8 Å². The first-order valence-corrected chi connectivity index (χ1v) is 11.1. The van der Waals surface area contributed by atoms with E-state index in [1.807, 2.05) is 12.3 Å². The predicted molar refractivity (Wildman–Crippen MR) is 118 cm³/mol. The molecule has 0 spiro atoms. The first-order chi connectivity index (χ1) is 15.0. The maximum absolute atomic E-state index is 13.3. The lowest BCUT2D eigenvalue weighted by Gasteiger charge is -2.16. The molecule has 3 aromatic heterocycles. The first-order valence-electron chi connectivity index (χ1n) is 9.38. The first kappa shape index (κ1) is 21.2. The van der Waals surface area contributed by atoms with Crippen LogP contribution in [0.1, 0.15) is 24.4 Å². The van der Waals surface area contributed by atoms with Crippen molar-refractivity contribution in [2.45, 2.75) is 26.0 Å². The summed E-state index contributed by atoms with van der Waals surface area (Å²) in [6.07, 6.45) is 1.76. The van der Waals surface area contributed by atoms with Gasteiger partial charge >= 0.3 is 0 Å². The molecule has 11 heteroatoms. The fraction of sp³-hybridized carbons (Fsp3) is 0.250. The lowest BCUT2D eigenvalue weighted by atomic mass is 10.1. The highest BCUT2D eigenvalue weighted by Crippen LogP contribution is 2.31. The number of hydrogen-bond acceptors (Lipinski definition) is 8. The molecule has 4 rings (SSSR count). The molecule has 0 aliphatic carbocycles. The van der Waals surface area contributed by atoms with E-state index < -0.39 is 6.04 Å². The lowest BCUT2D eigenvalue weighted by Crippen LogP contribution is -2.33. The van der Waals surface area contributed by atoms with Gasteiger partial charge in [-0.2, -0.15) is 0 Å². The van der Waals surface area contributed by atoms with Crippen LogP contribution < -0.4 is 10.9 Å². The van der Waals surface area contributed by atoms with Crippen LogP contribution in [0.4, 0.5) is 9.52 Å². The molecule has 0 aliphatic rings. The fourth-order valence-corrected chi connectivity index (χ4v) is 4.81. The van der Waals surface area contributed by atoms with Crippen LogP contribution >= 0.6 is 22.7 Å². The smallest absolute Gasteiger partial charge is 0.263 e. The largest absolute Gasteiger partial charge is 0.377 e. The van der Waals surface area contributed by atoms with Gasteiger partial charge in [-0.05, 0) is 24.1 Å². The lowest BCUT2D eigenvalue weighted by molar-refractivity contribution is -0.119. The Balaban J connectivity index is 1.69. The molecule has 0 saturated heterocycles. The molecule has 1 atom stereocenters. The number of thiophene rings is 1. The summed E-state index contributed by atoms with van der Waals surface area (Å²) in [5.41, 5.74) is 1.04. The number of carbonyl (C=O) groups excluding carboxylic acids is 1. The zero-order valence-electron chi connectivity index (χ0n) is 16.7. The Kier molecular flexibility index (Phi) is 6.16. The molecular formula is C20H18FN5O3S2. The predicted octanol–water partition coefficient (Wildman–Crippen LogP) is 3.85. The number of nitrogens with one attached hydrogen (secondary N) is 1. The maximum atomic E-state index is 13.3.